The monoisotopic (exact) mass is 431 g/mol. The minimum Gasteiger partial charge on any atom is -0.357 e. The van der Waals surface area contributed by atoms with Crippen molar-refractivity contribution in [2.75, 3.05) is 25.1 Å². The molecule has 2 N–H and O–H groups in total. The third kappa shape index (κ3) is 8.23. The smallest absolute Gasteiger partial charge is 0.191 e. The Morgan fingerprint density at radius 1 is 1.32 bits per heavy atom. The Balaban J connectivity index is 2.79. The summed E-state index contributed by atoms with van der Waals surface area (Å²) >= 11 is 3.61. The summed E-state index contributed by atoms with van der Waals surface area (Å²) in [5.41, 5.74) is 1.08. The van der Waals surface area contributed by atoms with Crippen LogP contribution in [0.4, 0.5) is 0 Å². The fourth-order valence-electron chi connectivity index (χ4n) is 2.39. The lowest BCUT2D eigenvalue weighted by atomic mass is 9.85. The molecule has 142 valence electrons. The number of rotatable bonds is 8. The fraction of sp³-hybridized carbons (Fsp3) is 0.611. The van der Waals surface area contributed by atoms with Gasteiger partial charge in [0, 0.05) is 28.7 Å². The van der Waals surface area contributed by atoms with Gasteiger partial charge >= 0.3 is 0 Å². The van der Waals surface area contributed by atoms with E-state index in [0.717, 1.165) is 11.0 Å². The summed E-state index contributed by atoms with van der Waals surface area (Å²) in [4.78, 5) is 4.71. The number of hydrogen-bond acceptors (Lipinski definition) is 3. The van der Waals surface area contributed by atoms with Crippen molar-refractivity contribution < 1.29 is 8.42 Å². The predicted octanol–water partition coefficient (Wildman–Crippen LogP) is 3.11. The summed E-state index contributed by atoms with van der Waals surface area (Å²) in [7, 11) is -2.95. The standard InChI is InChI=1S/C18H30BrN3O2S/c1-6-20-17(22-14(2)11-12-25(5,23)24)21-13-18(3,4)15-9-7-8-10-16(15)19/h7-10,14H,6,11-13H2,1-5H3,(H2,20,21,22). The summed E-state index contributed by atoms with van der Waals surface area (Å²) in [5, 5.41) is 6.52. The molecule has 1 rings (SSSR count). The minimum atomic E-state index is -2.95. The van der Waals surface area contributed by atoms with E-state index in [2.05, 4.69) is 46.5 Å². The topological polar surface area (TPSA) is 70.6 Å². The van der Waals surface area contributed by atoms with E-state index in [1.807, 2.05) is 32.0 Å². The van der Waals surface area contributed by atoms with E-state index < -0.39 is 9.84 Å². The van der Waals surface area contributed by atoms with Gasteiger partial charge in [-0.15, -0.1) is 0 Å². The summed E-state index contributed by atoms with van der Waals surface area (Å²) in [6, 6.07) is 8.20. The Morgan fingerprint density at radius 2 is 1.96 bits per heavy atom. The van der Waals surface area contributed by atoms with E-state index in [0.29, 0.717) is 18.9 Å². The van der Waals surface area contributed by atoms with Gasteiger partial charge in [-0.2, -0.15) is 0 Å². The molecule has 0 saturated heterocycles. The molecule has 0 saturated carbocycles. The zero-order chi connectivity index (χ0) is 19.1. The first-order valence-corrected chi connectivity index (χ1v) is 11.4. The van der Waals surface area contributed by atoms with Crippen molar-refractivity contribution in [2.45, 2.75) is 45.6 Å². The second-order valence-electron chi connectivity index (χ2n) is 7.02. The molecule has 0 aliphatic heterocycles. The van der Waals surface area contributed by atoms with E-state index in [1.54, 1.807) is 0 Å². The number of hydrogen-bond donors (Lipinski definition) is 2. The minimum absolute atomic E-state index is 0.0269. The Hall–Kier alpha value is -1.08. The molecule has 0 fully saturated rings. The molecule has 0 radical (unpaired) electrons. The third-order valence-corrected chi connectivity index (χ3v) is 5.55. The molecule has 0 heterocycles. The zero-order valence-corrected chi connectivity index (χ0v) is 18.2. The van der Waals surface area contributed by atoms with Crippen LogP contribution in [0.1, 0.15) is 39.7 Å². The van der Waals surface area contributed by atoms with Crippen LogP contribution < -0.4 is 10.6 Å². The second kappa shape index (κ2) is 9.57. The van der Waals surface area contributed by atoms with Crippen molar-refractivity contribution in [1.29, 1.82) is 0 Å². The third-order valence-electron chi connectivity index (χ3n) is 3.88. The Bertz CT molecular complexity index is 687. The molecule has 0 spiro atoms. The first-order valence-electron chi connectivity index (χ1n) is 8.52. The molecule has 0 bridgehead atoms. The first kappa shape index (κ1) is 22.0. The lowest BCUT2D eigenvalue weighted by Gasteiger charge is -2.25. The molecule has 1 aromatic rings. The van der Waals surface area contributed by atoms with Crippen LogP contribution in [0.3, 0.4) is 0 Å². The van der Waals surface area contributed by atoms with Gasteiger partial charge < -0.3 is 10.6 Å². The van der Waals surface area contributed by atoms with Crippen molar-refractivity contribution in [3.05, 3.63) is 34.3 Å². The van der Waals surface area contributed by atoms with E-state index in [4.69, 9.17) is 4.99 Å². The van der Waals surface area contributed by atoms with Crippen molar-refractivity contribution in [3.8, 4) is 0 Å². The average molecular weight is 432 g/mol. The molecular weight excluding hydrogens is 402 g/mol. The number of halogens is 1. The highest BCUT2D eigenvalue weighted by molar-refractivity contribution is 9.10. The van der Waals surface area contributed by atoms with Gasteiger partial charge in [0.15, 0.2) is 5.96 Å². The van der Waals surface area contributed by atoms with Crippen LogP contribution in [0.2, 0.25) is 0 Å². The van der Waals surface area contributed by atoms with Crippen molar-refractivity contribution in [2.24, 2.45) is 4.99 Å². The molecule has 0 aliphatic carbocycles. The van der Waals surface area contributed by atoms with Crippen molar-refractivity contribution in [3.63, 3.8) is 0 Å². The number of nitrogens with zero attached hydrogens (tertiary/aromatic N) is 1. The molecule has 0 aliphatic rings. The summed E-state index contributed by atoms with van der Waals surface area (Å²) in [6.45, 7) is 9.67. The van der Waals surface area contributed by atoms with Gasteiger partial charge in [-0.25, -0.2) is 8.42 Å². The van der Waals surface area contributed by atoms with E-state index >= 15 is 0 Å². The molecule has 5 nitrogen and oxygen atoms in total. The largest absolute Gasteiger partial charge is 0.357 e. The highest BCUT2D eigenvalue weighted by Crippen LogP contribution is 2.30. The van der Waals surface area contributed by atoms with Crippen LogP contribution >= 0.6 is 15.9 Å². The highest BCUT2D eigenvalue weighted by atomic mass is 79.9. The van der Waals surface area contributed by atoms with Gasteiger partial charge in [-0.05, 0) is 31.9 Å². The maximum Gasteiger partial charge on any atom is 0.191 e. The van der Waals surface area contributed by atoms with Gasteiger partial charge in [-0.1, -0.05) is 48.0 Å². The average Bonchev–Trinajstić information content (AvgIpc) is 2.50. The molecule has 25 heavy (non-hydrogen) atoms. The number of benzene rings is 1. The quantitative estimate of drug-likeness (QED) is 0.489. The van der Waals surface area contributed by atoms with Crippen LogP contribution in [0, 0.1) is 0 Å². The predicted molar refractivity (Wildman–Crippen MR) is 110 cm³/mol. The number of sulfone groups is 1. The molecule has 7 heteroatoms. The SMILES string of the molecule is CCNC(=NCC(C)(C)c1ccccc1Br)NC(C)CCS(C)(=O)=O. The van der Waals surface area contributed by atoms with Crippen molar-refractivity contribution >= 4 is 31.7 Å². The Morgan fingerprint density at radius 3 is 2.52 bits per heavy atom. The summed E-state index contributed by atoms with van der Waals surface area (Å²) < 4.78 is 23.7. The van der Waals surface area contributed by atoms with Crippen LogP contribution in [0.15, 0.2) is 33.7 Å². The molecule has 0 aromatic heterocycles. The van der Waals surface area contributed by atoms with E-state index in [9.17, 15) is 8.42 Å². The second-order valence-corrected chi connectivity index (χ2v) is 10.1. The molecule has 1 aromatic carbocycles. The van der Waals surface area contributed by atoms with Gasteiger partial charge in [0.2, 0.25) is 0 Å². The van der Waals surface area contributed by atoms with Gasteiger partial charge in [0.25, 0.3) is 0 Å². The molecule has 0 amide bonds. The van der Waals surface area contributed by atoms with Crippen LogP contribution in [0.25, 0.3) is 0 Å². The number of guanidine groups is 1. The van der Waals surface area contributed by atoms with E-state index in [1.165, 1.54) is 11.8 Å². The summed E-state index contributed by atoms with van der Waals surface area (Å²) in [5.74, 6) is 0.881. The zero-order valence-electron chi connectivity index (χ0n) is 15.8. The summed E-state index contributed by atoms with van der Waals surface area (Å²) in [6.07, 6.45) is 1.82. The van der Waals surface area contributed by atoms with Gasteiger partial charge in [0.05, 0.1) is 12.3 Å². The Kier molecular flexibility index (Phi) is 8.41. The normalized spacial score (nSPS) is 14.2. The molecule has 1 unspecified atom stereocenters. The lowest BCUT2D eigenvalue weighted by Crippen LogP contribution is -2.43. The van der Waals surface area contributed by atoms with Crippen LogP contribution in [0.5, 0.6) is 0 Å². The van der Waals surface area contributed by atoms with Crippen LogP contribution in [-0.2, 0) is 15.3 Å². The number of nitrogens with one attached hydrogen (secondary N) is 2. The van der Waals surface area contributed by atoms with Gasteiger partial charge in [0.1, 0.15) is 9.84 Å². The molecule has 1 atom stereocenters. The van der Waals surface area contributed by atoms with E-state index in [-0.39, 0.29) is 17.2 Å². The Labute approximate surface area is 160 Å². The number of aliphatic imine (C=N–C) groups is 1. The highest BCUT2D eigenvalue weighted by Gasteiger charge is 2.23. The van der Waals surface area contributed by atoms with Crippen LogP contribution in [-0.4, -0.2) is 45.5 Å². The maximum atomic E-state index is 11.3. The maximum absolute atomic E-state index is 11.3. The van der Waals surface area contributed by atoms with Crippen molar-refractivity contribution in [1.82, 2.24) is 10.6 Å². The first-order chi connectivity index (χ1) is 11.5. The fourth-order valence-corrected chi connectivity index (χ4v) is 3.99. The molecular formula is C18H30BrN3O2S. The van der Waals surface area contributed by atoms with Gasteiger partial charge in [-0.3, -0.25) is 4.99 Å². The lowest BCUT2D eigenvalue weighted by molar-refractivity contribution is 0.531.